The van der Waals surface area contributed by atoms with E-state index in [0.29, 0.717) is 6.04 Å². The maximum Gasteiger partial charge on any atom is 0.124 e. The predicted octanol–water partition coefficient (Wildman–Crippen LogP) is 2.03. The molecule has 160 valence electrons. The van der Waals surface area contributed by atoms with E-state index in [-0.39, 0.29) is 0 Å². The third kappa shape index (κ3) is 3.79. The summed E-state index contributed by atoms with van der Waals surface area (Å²) >= 11 is 1.70. The molecule has 1 unspecified atom stereocenters. The summed E-state index contributed by atoms with van der Waals surface area (Å²) in [6.07, 6.45) is 4.86. The van der Waals surface area contributed by atoms with Gasteiger partial charge in [-0.05, 0) is 44.2 Å². The Bertz CT molecular complexity index is 1220. The van der Waals surface area contributed by atoms with Crippen molar-refractivity contribution >= 4 is 28.2 Å². The Morgan fingerprint density at radius 1 is 1.19 bits per heavy atom. The Morgan fingerprint density at radius 3 is 2.94 bits per heavy atom. The molecule has 0 saturated carbocycles. The number of nitrogens with zero attached hydrogens (tertiary/aromatic N) is 4. The number of rotatable bonds is 4. The second kappa shape index (κ2) is 8.32. The van der Waals surface area contributed by atoms with Crippen molar-refractivity contribution in [3.05, 3.63) is 69.4 Å². The number of likely N-dealkylation sites (N-methyl/N-ethyl adjacent to an activating group) is 1. The fourth-order valence-corrected chi connectivity index (χ4v) is 5.26. The van der Waals surface area contributed by atoms with Gasteiger partial charge in [-0.15, -0.1) is 11.3 Å². The Balaban J connectivity index is 1.55. The summed E-state index contributed by atoms with van der Waals surface area (Å²) in [4.78, 5) is 14.6. The molecule has 3 aromatic rings. The standard InChI is InChI=1S/C24H27N5OS/c1-16-27-22-23(21-18(8-6-10-25-21)14-26-24(22)31-16)29-12-11-28(2)19(15-29)13-17-7-4-5-9-20(17)30-3/h4-10,14,19,26H,11-13,15H2,1-3H3. The molecule has 7 heteroatoms. The molecular weight excluding hydrogens is 406 g/mol. The molecule has 2 aliphatic heterocycles. The lowest BCUT2D eigenvalue weighted by atomic mass is 10.0. The van der Waals surface area contributed by atoms with Gasteiger partial charge in [-0.2, -0.15) is 0 Å². The molecule has 1 saturated heterocycles. The molecule has 0 amide bonds. The number of pyridine rings is 1. The van der Waals surface area contributed by atoms with Crippen molar-refractivity contribution < 1.29 is 4.74 Å². The molecule has 0 radical (unpaired) electrons. The summed E-state index contributed by atoms with van der Waals surface area (Å²) in [5, 5.41) is 7.71. The Hall–Kier alpha value is -2.90. The van der Waals surface area contributed by atoms with Gasteiger partial charge < -0.3 is 15.0 Å². The molecule has 1 aromatic carbocycles. The van der Waals surface area contributed by atoms with Gasteiger partial charge in [0, 0.05) is 43.3 Å². The number of aryl methyl sites for hydroxylation is 1. The van der Waals surface area contributed by atoms with Crippen molar-refractivity contribution in [1.82, 2.24) is 19.8 Å². The number of methoxy groups -OCH3 is 1. The van der Waals surface area contributed by atoms with Crippen LogP contribution >= 0.6 is 11.3 Å². The van der Waals surface area contributed by atoms with Gasteiger partial charge in [-0.1, -0.05) is 18.2 Å². The lowest BCUT2D eigenvalue weighted by molar-refractivity contribution is 0.133. The Labute approximate surface area is 186 Å². The van der Waals surface area contributed by atoms with Crippen LogP contribution in [-0.4, -0.2) is 59.6 Å². The highest BCUT2D eigenvalue weighted by Gasteiger charge is 2.30. The van der Waals surface area contributed by atoms with E-state index in [9.17, 15) is 0 Å². The summed E-state index contributed by atoms with van der Waals surface area (Å²) in [7, 11) is 3.96. The number of anilines is 1. The Kier molecular flexibility index (Phi) is 5.38. The van der Waals surface area contributed by atoms with Gasteiger partial charge in [-0.3, -0.25) is 9.88 Å². The van der Waals surface area contributed by atoms with Crippen LogP contribution in [0.4, 0.5) is 5.00 Å². The summed E-state index contributed by atoms with van der Waals surface area (Å²) in [6.45, 7) is 4.91. The van der Waals surface area contributed by atoms with E-state index < -0.39 is 0 Å². The predicted molar refractivity (Wildman–Crippen MR) is 126 cm³/mol. The first-order chi connectivity index (χ1) is 15.1. The number of para-hydroxylation sites is 1. The van der Waals surface area contributed by atoms with Crippen molar-refractivity contribution in [3.8, 4) is 5.75 Å². The minimum absolute atomic E-state index is 0.369. The van der Waals surface area contributed by atoms with Crippen LogP contribution in [0.3, 0.4) is 0 Å². The Morgan fingerprint density at radius 2 is 2.06 bits per heavy atom. The molecule has 31 heavy (non-hydrogen) atoms. The van der Waals surface area contributed by atoms with E-state index in [1.54, 1.807) is 18.4 Å². The maximum atomic E-state index is 5.61. The van der Waals surface area contributed by atoms with Crippen LogP contribution in [0.2, 0.25) is 0 Å². The minimum Gasteiger partial charge on any atom is -0.496 e. The third-order valence-corrected chi connectivity index (χ3v) is 7.02. The van der Waals surface area contributed by atoms with Crippen LogP contribution in [0.25, 0.3) is 11.9 Å². The fourth-order valence-electron chi connectivity index (χ4n) is 4.47. The van der Waals surface area contributed by atoms with Gasteiger partial charge in [0.05, 0.1) is 23.2 Å². The minimum atomic E-state index is 0.369. The van der Waals surface area contributed by atoms with Crippen LogP contribution in [0.15, 0.2) is 42.6 Å². The van der Waals surface area contributed by atoms with Crippen LogP contribution in [0.5, 0.6) is 5.75 Å². The average Bonchev–Trinajstić information content (AvgIpc) is 3.08. The highest BCUT2D eigenvalue weighted by Crippen LogP contribution is 2.32. The number of benzene rings is 1. The second-order valence-electron chi connectivity index (χ2n) is 8.09. The van der Waals surface area contributed by atoms with Gasteiger partial charge in [0.25, 0.3) is 0 Å². The second-order valence-corrected chi connectivity index (χ2v) is 9.29. The van der Waals surface area contributed by atoms with Gasteiger partial charge in [0.1, 0.15) is 16.4 Å². The fraction of sp³-hybridized carbons (Fsp3) is 0.333. The largest absolute Gasteiger partial charge is 0.496 e. The normalized spacial score (nSPS) is 18.5. The molecule has 2 aromatic heterocycles. The molecule has 0 bridgehead atoms. The number of piperazine rings is 1. The van der Waals surface area contributed by atoms with Crippen LogP contribution in [0, 0.1) is 6.92 Å². The number of ether oxygens (including phenoxy) is 1. The van der Waals surface area contributed by atoms with E-state index in [0.717, 1.165) is 63.8 Å². The molecular formula is C24H27N5OS. The molecule has 6 nitrogen and oxygen atoms in total. The van der Waals surface area contributed by atoms with E-state index in [1.165, 1.54) is 5.56 Å². The quantitative estimate of drug-likeness (QED) is 0.680. The monoisotopic (exact) mass is 433 g/mol. The van der Waals surface area contributed by atoms with Crippen LogP contribution in [0.1, 0.15) is 16.3 Å². The highest BCUT2D eigenvalue weighted by molar-refractivity contribution is 7.16. The summed E-state index contributed by atoms with van der Waals surface area (Å²) in [5.41, 5.74) is 3.39. The average molecular weight is 434 g/mol. The smallest absolute Gasteiger partial charge is 0.124 e. The zero-order valence-corrected chi connectivity index (χ0v) is 18.9. The maximum absolute atomic E-state index is 5.61. The van der Waals surface area contributed by atoms with Crippen molar-refractivity contribution in [2.24, 2.45) is 0 Å². The number of hydrogen-bond acceptors (Lipinski definition) is 7. The van der Waals surface area contributed by atoms with Crippen molar-refractivity contribution in [3.63, 3.8) is 0 Å². The molecule has 2 aliphatic rings. The van der Waals surface area contributed by atoms with Gasteiger partial charge in [0.2, 0.25) is 0 Å². The summed E-state index contributed by atoms with van der Waals surface area (Å²) in [6, 6.07) is 12.8. The number of fused-ring (bicyclic) bond motifs is 2. The topological polar surface area (TPSA) is 53.5 Å². The molecule has 0 spiro atoms. The first-order valence-corrected chi connectivity index (χ1v) is 11.4. The zero-order chi connectivity index (χ0) is 21.4. The molecule has 1 N–H and O–H groups in total. The number of aromatic nitrogens is 2. The van der Waals surface area contributed by atoms with Gasteiger partial charge >= 0.3 is 0 Å². The van der Waals surface area contributed by atoms with Crippen molar-refractivity contribution in [2.45, 2.75) is 19.4 Å². The molecule has 5 rings (SSSR count). The van der Waals surface area contributed by atoms with E-state index in [4.69, 9.17) is 14.7 Å². The number of nitrogens with one attached hydrogen (secondary N) is 1. The first-order valence-electron chi connectivity index (χ1n) is 10.6. The lowest BCUT2D eigenvalue weighted by Crippen LogP contribution is -2.53. The molecule has 1 atom stereocenters. The van der Waals surface area contributed by atoms with E-state index in [1.807, 2.05) is 30.6 Å². The summed E-state index contributed by atoms with van der Waals surface area (Å²) < 4.78 is 5.61. The molecule has 4 heterocycles. The lowest BCUT2D eigenvalue weighted by Gasteiger charge is -2.41. The van der Waals surface area contributed by atoms with E-state index >= 15 is 0 Å². The van der Waals surface area contributed by atoms with Crippen LogP contribution in [-0.2, 0) is 6.42 Å². The van der Waals surface area contributed by atoms with Crippen molar-refractivity contribution in [2.75, 3.05) is 39.1 Å². The SMILES string of the molecule is COc1ccccc1CC1CN(C2=c3ncccc3=CNc3sc(C)nc32)CCN1C. The molecule has 0 aliphatic carbocycles. The highest BCUT2D eigenvalue weighted by atomic mass is 32.1. The number of thiazole rings is 1. The van der Waals surface area contributed by atoms with E-state index in [2.05, 4.69) is 47.3 Å². The van der Waals surface area contributed by atoms with Gasteiger partial charge in [0.15, 0.2) is 0 Å². The van der Waals surface area contributed by atoms with Crippen molar-refractivity contribution in [1.29, 1.82) is 0 Å². The van der Waals surface area contributed by atoms with Gasteiger partial charge in [-0.25, -0.2) is 4.98 Å². The summed E-state index contributed by atoms with van der Waals surface area (Å²) in [5.74, 6) is 0.957. The molecule has 1 fully saturated rings. The zero-order valence-electron chi connectivity index (χ0n) is 18.1. The van der Waals surface area contributed by atoms with Crippen LogP contribution < -0.4 is 20.6 Å². The first kappa shape index (κ1) is 20.0. The third-order valence-electron chi connectivity index (χ3n) is 6.12. The number of hydrogen-bond donors (Lipinski definition) is 1.